The van der Waals surface area contributed by atoms with Gasteiger partial charge in [-0.2, -0.15) is 0 Å². The Hall–Kier alpha value is -4.38. The number of fused-ring (bicyclic) bond motifs is 4. The van der Waals surface area contributed by atoms with Gasteiger partial charge in [-0.15, -0.1) is 0 Å². The van der Waals surface area contributed by atoms with Crippen LogP contribution in [-0.4, -0.2) is 19.6 Å². The summed E-state index contributed by atoms with van der Waals surface area (Å²) >= 11 is 0. The number of rotatable bonds is 3. The van der Waals surface area contributed by atoms with Crippen LogP contribution in [0.5, 0.6) is 17.4 Å². The lowest BCUT2D eigenvalue weighted by atomic mass is 10.1. The summed E-state index contributed by atoms with van der Waals surface area (Å²) in [4.78, 5) is 8.87. The van der Waals surface area contributed by atoms with Gasteiger partial charge in [0.2, 0.25) is 5.88 Å². The highest BCUT2D eigenvalue weighted by Crippen LogP contribution is 2.35. The second-order valence-electron chi connectivity index (χ2n) is 7.17. The summed E-state index contributed by atoms with van der Waals surface area (Å²) in [6.07, 6.45) is 1.54. The number of para-hydroxylation sites is 2. The smallest absolute Gasteiger partial charge is 0.219 e. The fourth-order valence-electron chi connectivity index (χ4n) is 3.93. The number of ether oxygens (including phenoxy) is 1. The van der Waals surface area contributed by atoms with Gasteiger partial charge in [-0.05, 0) is 42.4 Å². The number of aromatic hydroxyl groups is 1. The average Bonchev–Trinajstić information content (AvgIpc) is 3.15. The van der Waals surface area contributed by atoms with Gasteiger partial charge in [0.25, 0.3) is 0 Å². The Labute approximate surface area is 180 Å². The van der Waals surface area contributed by atoms with Crippen molar-refractivity contribution in [3.8, 4) is 23.2 Å². The summed E-state index contributed by atoms with van der Waals surface area (Å²) in [6, 6.07) is 24.1. The number of pyridine rings is 2. The minimum atomic E-state index is 0.0538. The predicted octanol–water partition coefficient (Wildman–Crippen LogP) is 6.22. The van der Waals surface area contributed by atoms with Crippen LogP contribution in [0.25, 0.3) is 38.5 Å². The van der Waals surface area contributed by atoms with Crippen LogP contribution in [0.15, 0.2) is 97.1 Å². The molecule has 148 valence electrons. The minimum absolute atomic E-state index is 0.0538. The van der Waals surface area contributed by atoms with Crippen molar-refractivity contribution in [1.29, 1.82) is 0 Å². The quantitative estimate of drug-likeness (QED) is 0.379. The summed E-state index contributed by atoms with van der Waals surface area (Å²) in [7, 11) is 0. The van der Waals surface area contributed by atoms with Crippen molar-refractivity contribution in [2.45, 2.75) is 0 Å². The van der Waals surface area contributed by atoms with Gasteiger partial charge in [0, 0.05) is 34.5 Å². The van der Waals surface area contributed by atoms with E-state index in [4.69, 9.17) is 7.48 Å². The second-order valence-corrected chi connectivity index (χ2v) is 7.17. The van der Waals surface area contributed by atoms with Crippen molar-refractivity contribution < 1.29 is 12.6 Å². The number of benzene rings is 3. The number of aromatic nitrogens is 3. The molecule has 0 amide bonds. The monoisotopic (exact) mass is 405 g/mol. The molecule has 1 N–H and O–H groups in total. The highest BCUT2D eigenvalue weighted by Gasteiger charge is 2.14. The molecule has 6 aromatic rings. The fraction of sp³-hybridized carbons (Fsp3) is 0. The van der Waals surface area contributed by atoms with E-state index in [0.29, 0.717) is 23.0 Å². The Balaban J connectivity index is 1.54. The third-order valence-electron chi connectivity index (χ3n) is 5.29. The lowest BCUT2D eigenvalue weighted by molar-refractivity contribution is 0.460. The normalized spacial score (nSPS) is 12.3. The highest BCUT2D eigenvalue weighted by molar-refractivity contribution is 6.09. The van der Waals surface area contributed by atoms with Gasteiger partial charge < -0.3 is 9.84 Å². The molecule has 0 aliphatic rings. The lowest BCUT2D eigenvalue weighted by Gasteiger charge is -2.09. The van der Waals surface area contributed by atoms with E-state index in [1.54, 1.807) is 24.4 Å². The Morgan fingerprint density at radius 3 is 2.74 bits per heavy atom. The first-order chi connectivity index (χ1) is 16.1. The summed E-state index contributed by atoms with van der Waals surface area (Å²) in [5, 5.41) is 13.0. The molecule has 3 aromatic carbocycles. The van der Waals surface area contributed by atoms with Crippen molar-refractivity contribution >= 4 is 32.7 Å². The van der Waals surface area contributed by atoms with Crippen LogP contribution in [-0.2, 0) is 0 Å². The van der Waals surface area contributed by atoms with Crippen LogP contribution in [0.4, 0.5) is 0 Å². The molecule has 3 aromatic heterocycles. The van der Waals surface area contributed by atoms with Gasteiger partial charge in [-0.3, -0.25) is 4.57 Å². The van der Waals surface area contributed by atoms with Crippen molar-refractivity contribution in [2.75, 3.05) is 0 Å². The van der Waals surface area contributed by atoms with E-state index in [-0.39, 0.29) is 17.8 Å². The van der Waals surface area contributed by atoms with Crippen LogP contribution >= 0.6 is 0 Å². The Kier molecular flexibility index (Phi) is 3.41. The molecule has 0 unspecified atom stereocenters. The molecular weight excluding hydrogens is 386 g/mol. The van der Waals surface area contributed by atoms with Gasteiger partial charge in [-0.1, -0.05) is 36.4 Å². The van der Waals surface area contributed by atoms with Gasteiger partial charge in [0.1, 0.15) is 22.8 Å². The zero-order chi connectivity index (χ0) is 22.5. The molecule has 31 heavy (non-hydrogen) atoms. The topological polar surface area (TPSA) is 60.2 Å². The van der Waals surface area contributed by atoms with Crippen molar-refractivity contribution in [2.24, 2.45) is 0 Å². The van der Waals surface area contributed by atoms with Gasteiger partial charge >= 0.3 is 0 Å². The first-order valence-electron chi connectivity index (χ1n) is 10.8. The van der Waals surface area contributed by atoms with Crippen LogP contribution in [0.2, 0.25) is 0 Å². The standard InChI is InChI=1S/C26H17N3O2/c30-23-9-5-6-17-11-14-25(28-26(17)23)31-18-12-13-20-19-7-1-2-8-21(19)29(22(20)16-18)24-10-3-4-15-27-24/h1-16,30H/i3D,10D. The van der Waals surface area contributed by atoms with Crippen molar-refractivity contribution in [3.63, 3.8) is 0 Å². The molecule has 5 nitrogen and oxygen atoms in total. The summed E-state index contributed by atoms with van der Waals surface area (Å²) in [6.45, 7) is 0. The van der Waals surface area contributed by atoms with E-state index in [0.717, 1.165) is 27.2 Å². The molecule has 3 heterocycles. The highest BCUT2D eigenvalue weighted by atomic mass is 16.5. The van der Waals surface area contributed by atoms with Gasteiger partial charge in [0.15, 0.2) is 0 Å². The van der Waals surface area contributed by atoms with Crippen LogP contribution in [0.1, 0.15) is 2.74 Å². The van der Waals surface area contributed by atoms with E-state index in [1.165, 1.54) is 6.07 Å². The molecule has 5 heteroatoms. The molecule has 6 rings (SSSR count). The Morgan fingerprint density at radius 2 is 1.77 bits per heavy atom. The lowest BCUT2D eigenvalue weighted by Crippen LogP contribution is -1.96. The van der Waals surface area contributed by atoms with E-state index in [2.05, 4.69) is 9.97 Å². The molecule has 0 radical (unpaired) electrons. The summed E-state index contributed by atoms with van der Waals surface area (Å²) < 4.78 is 24.4. The summed E-state index contributed by atoms with van der Waals surface area (Å²) in [5.41, 5.74) is 2.18. The average molecular weight is 405 g/mol. The number of phenols is 1. The largest absolute Gasteiger partial charge is 0.506 e. The predicted molar refractivity (Wildman–Crippen MR) is 122 cm³/mol. The second kappa shape index (κ2) is 6.85. The summed E-state index contributed by atoms with van der Waals surface area (Å²) in [5.74, 6) is 1.40. The SMILES string of the molecule is [2H]c1ccnc(-n2c3ccccc3c3ccc(Oc4ccc5cccc(O)c5n4)cc32)c1[2H]. The van der Waals surface area contributed by atoms with Crippen molar-refractivity contribution in [3.05, 3.63) is 97.1 Å². The van der Waals surface area contributed by atoms with Crippen LogP contribution in [0.3, 0.4) is 0 Å². The molecule has 0 spiro atoms. The first kappa shape index (κ1) is 15.5. The molecule has 0 saturated heterocycles. The Bertz CT molecular complexity index is 1690. The number of nitrogens with zero attached hydrogens (tertiary/aromatic N) is 3. The molecule has 0 bridgehead atoms. The third-order valence-corrected chi connectivity index (χ3v) is 5.29. The van der Waals surface area contributed by atoms with Gasteiger partial charge in [0.05, 0.1) is 13.8 Å². The molecule has 0 saturated carbocycles. The van der Waals surface area contributed by atoms with E-state index in [1.807, 2.05) is 59.2 Å². The van der Waals surface area contributed by atoms with Gasteiger partial charge in [-0.25, -0.2) is 9.97 Å². The van der Waals surface area contributed by atoms with E-state index < -0.39 is 0 Å². The molecule has 0 aliphatic carbocycles. The zero-order valence-electron chi connectivity index (χ0n) is 18.3. The Morgan fingerprint density at radius 1 is 0.871 bits per heavy atom. The van der Waals surface area contributed by atoms with Crippen LogP contribution < -0.4 is 4.74 Å². The number of phenolic OH excluding ortho intramolecular Hbond substituents is 1. The fourth-order valence-corrected chi connectivity index (χ4v) is 3.93. The molecular formula is C26H17N3O2. The minimum Gasteiger partial charge on any atom is -0.506 e. The van der Waals surface area contributed by atoms with Crippen molar-refractivity contribution in [1.82, 2.24) is 14.5 Å². The number of hydrogen-bond acceptors (Lipinski definition) is 4. The number of hydrogen-bond donors (Lipinski definition) is 1. The first-order valence-corrected chi connectivity index (χ1v) is 9.82. The maximum absolute atomic E-state index is 10.1. The van der Waals surface area contributed by atoms with E-state index in [9.17, 15) is 5.11 Å². The zero-order valence-corrected chi connectivity index (χ0v) is 16.3. The van der Waals surface area contributed by atoms with Crippen LogP contribution in [0, 0.1) is 0 Å². The molecule has 0 aliphatic heterocycles. The maximum Gasteiger partial charge on any atom is 0.219 e. The maximum atomic E-state index is 10.1. The third kappa shape index (κ3) is 2.87. The molecule has 0 atom stereocenters. The van der Waals surface area contributed by atoms with E-state index >= 15 is 0 Å². The molecule has 0 fully saturated rings.